The molecule has 0 saturated carbocycles. The fourth-order valence-corrected chi connectivity index (χ4v) is 2.46. The zero-order chi connectivity index (χ0) is 12.9. The van der Waals surface area contributed by atoms with Crippen LogP contribution in [0.4, 0.5) is 0 Å². The highest BCUT2D eigenvalue weighted by atomic mass is 32.2. The van der Waals surface area contributed by atoms with Gasteiger partial charge in [0, 0.05) is 24.8 Å². The van der Waals surface area contributed by atoms with E-state index in [0.29, 0.717) is 19.5 Å². The third-order valence-corrected chi connectivity index (χ3v) is 4.07. The second kappa shape index (κ2) is 6.13. The molecule has 0 aliphatic heterocycles. The molecule has 0 atom stereocenters. The minimum atomic E-state index is -3.19. The van der Waals surface area contributed by atoms with Gasteiger partial charge in [0.25, 0.3) is 0 Å². The van der Waals surface area contributed by atoms with Crippen molar-refractivity contribution in [3.05, 3.63) is 17.5 Å². The standard InChI is InChI=1S/C10H20N4O2S/c1-9-10(7-12-14(9)3)8-13-17(15,16)6-4-5-11-2/h7,11,13H,4-6,8H2,1-3H3. The second-order valence-corrected chi connectivity index (χ2v) is 5.90. The number of aromatic nitrogens is 2. The molecule has 0 unspecified atom stereocenters. The van der Waals surface area contributed by atoms with E-state index in [4.69, 9.17) is 0 Å². The van der Waals surface area contributed by atoms with Gasteiger partial charge in [0.1, 0.15) is 0 Å². The van der Waals surface area contributed by atoms with Gasteiger partial charge < -0.3 is 5.32 Å². The molecular formula is C10H20N4O2S. The number of rotatable bonds is 7. The van der Waals surface area contributed by atoms with Gasteiger partial charge in [-0.2, -0.15) is 5.10 Å². The lowest BCUT2D eigenvalue weighted by Crippen LogP contribution is -2.27. The predicted molar refractivity (Wildman–Crippen MR) is 67.1 cm³/mol. The molecule has 98 valence electrons. The minimum absolute atomic E-state index is 0.146. The Morgan fingerprint density at radius 1 is 1.47 bits per heavy atom. The molecule has 1 aromatic heterocycles. The molecule has 7 heteroatoms. The van der Waals surface area contributed by atoms with Crippen LogP contribution in [-0.2, 0) is 23.6 Å². The molecule has 1 rings (SSSR count). The summed E-state index contributed by atoms with van der Waals surface area (Å²) in [5.41, 5.74) is 1.88. The van der Waals surface area contributed by atoms with Gasteiger partial charge >= 0.3 is 0 Å². The van der Waals surface area contributed by atoms with Crippen LogP contribution in [0.25, 0.3) is 0 Å². The van der Waals surface area contributed by atoms with Crippen LogP contribution in [0.2, 0.25) is 0 Å². The van der Waals surface area contributed by atoms with E-state index in [2.05, 4.69) is 15.1 Å². The van der Waals surface area contributed by atoms with E-state index in [-0.39, 0.29) is 5.75 Å². The number of aryl methyl sites for hydroxylation is 1. The summed E-state index contributed by atoms with van der Waals surface area (Å²) in [6.45, 7) is 2.92. The number of sulfonamides is 1. The van der Waals surface area contributed by atoms with E-state index in [9.17, 15) is 8.42 Å². The van der Waals surface area contributed by atoms with Crippen molar-refractivity contribution in [1.29, 1.82) is 0 Å². The van der Waals surface area contributed by atoms with Crippen LogP contribution in [-0.4, -0.2) is 37.5 Å². The molecule has 2 N–H and O–H groups in total. The predicted octanol–water partition coefficient (Wildman–Crippen LogP) is -0.243. The average molecular weight is 260 g/mol. The SMILES string of the molecule is CNCCCS(=O)(=O)NCc1cnn(C)c1C. The Bertz CT molecular complexity index is 453. The Kier molecular flexibility index (Phi) is 5.10. The zero-order valence-corrected chi connectivity index (χ0v) is 11.3. The van der Waals surface area contributed by atoms with E-state index in [0.717, 1.165) is 11.3 Å². The quantitative estimate of drug-likeness (QED) is 0.663. The van der Waals surface area contributed by atoms with Crippen molar-refractivity contribution >= 4 is 10.0 Å². The lowest BCUT2D eigenvalue weighted by Gasteiger charge is -2.06. The Morgan fingerprint density at radius 3 is 2.71 bits per heavy atom. The molecule has 0 amide bonds. The van der Waals surface area contributed by atoms with E-state index < -0.39 is 10.0 Å². The fourth-order valence-electron chi connectivity index (χ4n) is 1.42. The summed E-state index contributed by atoms with van der Waals surface area (Å²) in [5.74, 6) is 0.146. The topological polar surface area (TPSA) is 76.0 Å². The van der Waals surface area contributed by atoms with E-state index in [1.165, 1.54) is 0 Å². The number of nitrogens with zero attached hydrogens (tertiary/aromatic N) is 2. The van der Waals surface area contributed by atoms with Gasteiger partial charge in [-0.25, -0.2) is 13.1 Å². The molecule has 0 aliphatic rings. The smallest absolute Gasteiger partial charge is 0.211 e. The van der Waals surface area contributed by atoms with Crippen LogP contribution in [0.15, 0.2) is 6.20 Å². The number of hydrogen-bond donors (Lipinski definition) is 2. The van der Waals surface area contributed by atoms with E-state index >= 15 is 0 Å². The molecule has 1 heterocycles. The molecule has 0 radical (unpaired) electrons. The maximum Gasteiger partial charge on any atom is 0.211 e. The van der Waals surface area contributed by atoms with Crippen LogP contribution in [0, 0.1) is 6.92 Å². The van der Waals surface area contributed by atoms with Gasteiger partial charge in [-0.1, -0.05) is 0 Å². The third kappa shape index (κ3) is 4.45. The highest BCUT2D eigenvalue weighted by Crippen LogP contribution is 2.05. The third-order valence-electron chi connectivity index (χ3n) is 2.66. The van der Waals surface area contributed by atoms with Crippen LogP contribution in [0.5, 0.6) is 0 Å². The van der Waals surface area contributed by atoms with Gasteiger partial charge in [0.2, 0.25) is 10.0 Å². The van der Waals surface area contributed by atoms with Gasteiger partial charge in [0.15, 0.2) is 0 Å². The van der Waals surface area contributed by atoms with Gasteiger partial charge in [-0.05, 0) is 26.9 Å². The summed E-state index contributed by atoms with van der Waals surface area (Å²) in [6.07, 6.45) is 2.29. The van der Waals surface area contributed by atoms with Crippen molar-refractivity contribution in [3.8, 4) is 0 Å². The first-order chi connectivity index (χ1) is 7.96. The van der Waals surface area contributed by atoms with Crippen molar-refractivity contribution in [3.63, 3.8) is 0 Å². The summed E-state index contributed by atoms with van der Waals surface area (Å²) in [5, 5.41) is 6.99. The van der Waals surface area contributed by atoms with Gasteiger partial charge in [-0.15, -0.1) is 0 Å². The van der Waals surface area contributed by atoms with Crippen molar-refractivity contribution in [2.24, 2.45) is 7.05 Å². The molecular weight excluding hydrogens is 240 g/mol. The zero-order valence-electron chi connectivity index (χ0n) is 10.5. The molecule has 6 nitrogen and oxygen atoms in total. The van der Waals surface area contributed by atoms with Gasteiger partial charge in [-0.3, -0.25) is 4.68 Å². The monoisotopic (exact) mass is 260 g/mol. The summed E-state index contributed by atoms with van der Waals surface area (Å²) in [4.78, 5) is 0. The average Bonchev–Trinajstić information content (AvgIpc) is 2.58. The largest absolute Gasteiger partial charge is 0.320 e. The maximum atomic E-state index is 11.6. The second-order valence-electron chi connectivity index (χ2n) is 3.98. The van der Waals surface area contributed by atoms with Gasteiger partial charge in [0.05, 0.1) is 11.9 Å². The minimum Gasteiger partial charge on any atom is -0.320 e. The molecule has 0 fully saturated rings. The lowest BCUT2D eigenvalue weighted by atomic mass is 10.3. The van der Waals surface area contributed by atoms with Crippen molar-refractivity contribution in [2.45, 2.75) is 19.9 Å². The Hall–Kier alpha value is -0.920. The number of nitrogens with one attached hydrogen (secondary N) is 2. The summed E-state index contributed by atoms with van der Waals surface area (Å²) in [6, 6.07) is 0. The van der Waals surface area contributed by atoms with Crippen LogP contribution in [0.1, 0.15) is 17.7 Å². The van der Waals surface area contributed by atoms with Crippen LogP contribution >= 0.6 is 0 Å². The molecule has 0 saturated heterocycles. The normalized spacial score (nSPS) is 11.9. The lowest BCUT2D eigenvalue weighted by molar-refractivity contribution is 0.577. The van der Waals surface area contributed by atoms with Crippen LogP contribution in [0.3, 0.4) is 0 Å². The Labute approximate surface area is 102 Å². The first-order valence-electron chi connectivity index (χ1n) is 5.55. The molecule has 0 aliphatic carbocycles. The van der Waals surface area contributed by atoms with Crippen molar-refractivity contribution in [2.75, 3.05) is 19.3 Å². The fraction of sp³-hybridized carbons (Fsp3) is 0.700. The number of hydrogen-bond acceptors (Lipinski definition) is 4. The Balaban J connectivity index is 2.47. The van der Waals surface area contributed by atoms with Crippen LogP contribution < -0.4 is 10.0 Å². The highest BCUT2D eigenvalue weighted by Gasteiger charge is 2.11. The summed E-state index contributed by atoms with van der Waals surface area (Å²) >= 11 is 0. The molecule has 1 aromatic rings. The molecule has 0 spiro atoms. The summed E-state index contributed by atoms with van der Waals surface area (Å²) in [7, 11) is 0.452. The van der Waals surface area contributed by atoms with E-state index in [1.54, 1.807) is 17.9 Å². The Morgan fingerprint density at radius 2 is 2.18 bits per heavy atom. The molecule has 0 bridgehead atoms. The molecule has 17 heavy (non-hydrogen) atoms. The maximum absolute atomic E-state index is 11.6. The first kappa shape index (κ1) is 14.1. The summed E-state index contributed by atoms with van der Waals surface area (Å²) < 4.78 is 27.6. The first-order valence-corrected chi connectivity index (χ1v) is 7.21. The highest BCUT2D eigenvalue weighted by molar-refractivity contribution is 7.89. The molecule has 0 aromatic carbocycles. The van der Waals surface area contributed by atoms with Crippen molar-refractivity contribution in [1.82, 2.24) is 19.8 Å². The van der Waals surface area contributed by atoms with Crippen molar-refractivity contribution < 1.29 is 8.42 Å². The van der Waals surface area contributed by atoms with E-state index in [1.807, 2.05) is 14.0 Å².